The highest BCUT2D eigenvalue weighted by atomic mass is 19.4. The number of unbranched alkanes of at least 4 members (excludes halogenated alkanes) is 1. The minimum atomic E-state index is -4.38. The molecule has 3 aromatic rings. The van der Waals surface area contributed by atoms with Gasteiger partial charge < -0.3 is 14.6 Å². The van der Waals surface area contributed by atoms with E-state index in [2.05, 4.69) is 27.2 Å². The van der Waals surface area contributed by atoms with Gasteiger partial charge in [-0.05, 0) is 38.0 Å². The Balaban J connectivity index is 1.89. The maximum atomic E-state index is 12.9. The molecule has 6 nitrogen and oxygen atoms in total. The van der Waals surface area contributed by atoms with Gasteiger partial charge >= 0.3 is 12.2 Å². The first-order chi connectivity index (χ1) is 13.8. The van der Waals surface area contributed by atoms with Gasteiger partial charge in [0.1, 0.15) is 0 Å². The van der Waals surface area contributed by atoms with Crippen molar-refractivity contribution >= 4 is 17.0 Å². The number of imidazole rings is 1. The van der Waals surface area contributed by atoms with Crippen LogP contribution in [0.5, 0.6) is 6.01 Å². The van der Waals surface area contributed by atoms with Crippen LogP contribution < -0.4 is 10.1 Å². The summed E-state index contributed by atoms with van der Waals surface area (Å²) in [5.41, 5.74) is 0.974. The second-order valence-corrected chi connectivity index (χ2v) is 7.03. The highest BCUT2D eigenvalue weighted by Crippen LogP contribution is 2.30. The van der Waals surface area contributed by atoms with Crippen molar-refractivity contribution in [3.63, 3.8) is 0 Å². The quantitative estimate of drug-likeness (QED) is 0.519. The minimum absolute atomic E-state index is 0.134. The molecule has 0 atom stereocenters. The Morgan fingerprint density at radius 2 is 2.00 bits per heavy atom. The molecular formula is C20H24F3N5O. The lowest BCUT2D eigenvalue weighted by molar-refractivity contribution is -0.137. The fourth-order valence-corrected chi connectivity index (χ4v) is 2.81. The van der Waals surface area contributed by atoms with Gasteiger partial charge in [0.15, 0.2) is 17.0 Å². The summed E-state index contributed by atoms with van der Waals surface area (Å²) in [5, 5.41) is 3.09. The topological polar surface area (TPSA) is 64.9 Å². The standard InChI is InChI=1S/C20H24F3N5O/c1-4-5-9-29-19-26-17(16-18(27-19)28(12-25-16)13(2)3)24-11-14-7-6-8-15(10-14)20(21,22)23/h6-8,10,12-13H,4-5,9,11H2,1-3H3,(H,24,26,27). The summed E-state index contributed by atoms with van der Waals surface area (Å²) in [5.74, 6) is 0.429. The molecule has 9 heteroatoms. The van der Waals surface area contributed by atoms with Crippen LogP contribution in [0.15, 0.2) is 30.6 Å². The number of benzene rings is 1. The van der Waals surface area contributed by atoms with Gasteiger partial charge in [0.2, 0.25) is 0 Å². The summed E-state index contributed by atoms with van der Waals surface area (Å²) in [4.78, 5) is 13.2. The monoisotopic (exact) mass is 407 g/mol. The van der Waals surface area contributed by atoms with Crippen LogP contribution in [-0.2, 0) is 12.7 Å². The summed E-state index contributed by atoms with van der Waals surface area (Å²) in [6, 6.07) is 5.55. The Morgan fingerprint density at radius 1 is 1.21 bits per heavy atom. The second-order valence-electron chi connectivity index (χ2n) is 7.03. The third kappa shape index (κ3) is 4.96. The first-order valence-corrected chi connectivity index (χ1v) is 9.57. The molecule has 3 rings (SSSR count). The van der Waals surface area contributed by atoms with E-state index >= 15 is 0 Å². The lowest BCUT2D eigenvalue weighted by Gasteiger charge is -2.12. The molecule has 29 heavy (non-hydrogen) atoms. The number of nitrogens with zero attached hydrogens (tertiary/aromatic N) is 4. The Morgan fingerprint density at radius 3 is 2.69 bits per heavy atom. The minimum Gasteiger partial charge on any atom is -0.463 e. The molecule has 0 spiro atoms. The number of alkyl halides is 3. The zero-order valence-corrected chi connectivity index (χ0v) is 16.6. The molecule has 0 amide bonds. The van der Waals surface area contributed by atoms with E-state index in [0.29, 0.717) is 29.2 Å². The zero-order valence-electron chi connectivity index (χ0n) is 16.6. The van der Waals surface area contributed by atoms with Crippen molar-refractivity contribution in [1.29, 1.82) is 0 Å². The predicted molar refractivity (Wildman–Crippen MR) is 105 cm³/mol. The molecule has 0 fully saturated rings. The van der Waals surface area contributed by atoms with Crippen molar-refractivity contribution in [1.82, 2.24) is 19.5 Å². The van der Waals surface area contributed by atoms with E-state index in [-0.39, 0.29) is 18.6 Å². The zero-order chi connectivity index (χ0) is 21.0. The van der Waals surface area contributed by atoms with Gasteiger partial charge in [-0.1, -0.05) is 25.5 Å². The van der Waals surface area contributed by atoms with Crippen LogP contribution in [0.4, 0.5) is 19.0 Å². The summed E-state index contributed by atoms with van der Waals surface area (Å²) in [6.07, 6.45) is -0.853. The Bertz CT molecular complexity index is 968. The number of hydrogen-bond donors (Lipinski definition) is 1. The average molecular weight is 407 g/mol. The van der Waals surface area contributed by atoms with Gasteiger partial charge in [-0.2, -0.15) is 23.1 Å². The molecular weight excluding hydrogens is 383 g/mol. The molecule has 2 heterocycles. The number of rotatable bonds is 8. The maximum Gasteiger partial charge on any atom is 0.416 e. The van der Waals surface area contributed by atoms with Crippen molar-refractivity contribution < 1.29 is 17.9 Å². The van der Waals surface area contributed by atoms with Crippen molar-refractivity contribution in [3.05, 3.63) is 41.7 Å². The molecule has 0 radical (unpaired) electrons. The summed E-state index contributed by atoms with van der Waals surface area (Å²) >= 11 is 0. The molecule has 1 N–H and O–H groups in total. The Hall–Kier alpha value is -2.84. The van der Waals surface area contributed by atoms with Gasteiger partial charge in [-0.15, -0.1) is 0 Å². The van der Waals surface area contributed by atoms with E-state index in [1.165, 1.54) is 6.07 Å². The van der Waals surface area contributed by atoms with Crippen LogP contribution in [-0.4, -0.2) is 26.1 Å². The molecule has 0 bridgehead atoms. The highest BCUT2D eigenvalue weighted by molar-refractivity contribution is 5.83. The van der Waals surface area contributed by atoms with E-state index in [9.17, 15) is 13.2 Å². The number of ether oxygens (including phenoxy) is 1. The average Bonchev–Trinajstić information content (AvgIpc) is 3.10. The van der Waals surface area contributed by atoms with Crippen LogP contribution in [0.2, 0.25) is 0 Å². The number of nitrogens with one attached hydrogen (secondary N) is 1. The Kier molecular flexibility index (Phi) is 6.24. The second kappa shape index (κ2) is 8.67. The number of aromatic nitrogens is 4. The number of anilines is 1. The van der Waals surface area contributed by atoms with Crippen molar-refractivity contribution in [2.45, 2.75) is 52.4 Å². The van der Waals surface area contributed by atoms with Crippen LogP contribution in [0, 0.1) is 0 Å². The molecule has 2 aromatic heterocycles. The fourth-order valence-electron chi connectivity index (χ4n) is 2.81. The van der Waals surface area contributed by atoms with E-state index in [4.69, 9.17) is 4.74 Å². The third-order valence-corrected chi connectivity index (χ3v) is 4.40. The largest absolute Gasteiger partial charge is 0.463 e. The van der Waals surface area contributed by atoms with E-state index in [1.54, 1.807) is 12.4 Å². The first-order valence-electron chi connectivity index (χ1n) is 9.57. The molecule has 0 saturated heterocycles. The highest BCUT2D eigenvalue weighted by Gasteiger charge is 2.30. The molecule has 0 saturated carbocycles. The molecule has 156 valence electrons. The van der Waals surface area contributed by atoms with Gasteiger partial charge in [0, 0.05) is 12.6 Å². The van der Waals surface area contributed by atoms with Crippen LogP contribution in [0.25, 0.3) is 11.2 Å². The first kappa shape index (κ1) is 20.9. The number of halogens is 3. The molecule has 0 aliphatic heterocycles. The predicted octanol–water partition coefficient (Wildman–Crippen LogP) is 5.22. The lowest BCUT2D eigenvalue weighted by atomic mass is 10.1. The molecule has 0 aliphatic carbocycles. The van der Waals surface area contributed by atoms with Crippen LogP contribution in [0.1, 0.15) is 50.8 Å². The summed E-state index contributed by atoms with van der Waals surface area (Å²) in [6.45, 7) is 6.74. The smallest absolute Gasteiger partial charge is 0.416 e. The third-order valence-electron chi connectivity index (χ3n) is 4.40. The summed E-state index contributed by atoms with van der Waals surface area (Å²) < 4.78 is 46.4. The van der Waals surface area contributed by atoms with Gasteiger partial charge in [-0.25, -0.2) is 4.98 Å². The number of fused-ring (bicyclic) bond motifs is 1. The molecule has 1 aromatic carbocycles. The SMILES string of the molecule is CCCCOc1nc(NCc2cccc(C(F)(F)F)c2)c2ncn(C(C)C)c2n1. The van der Waals surface area contributed by atoms with E-state index < -0.39 is 11.7 Å². The van der Waals surface area contributed by atoms with Gasteiger partial charge in [0.25, 0.3) is 0 Å². The normalized spacial score (nSPS) is 12.0. The van der Waals surface area contributed by atoms with E-state index in [0.717, 1.165) is 25.0 Å². The maximum absolute atomic E-state index is 12.9. The van der Waals surface area contributed by atoms with Crippen molar-refractivity contribution in [3.8, 4) is 6.01 Å². The van der Waals surface area contributed by atoms with Gasteiger partial charge in [0.05, 0.1) is 18.5 Å². The van der Waals surface area contributed by atoms with Crippen LogP contribution in [0.3, 0.4) is 0 Å². The van der Waals surface area contributed by atoms with Crippen LogP contribution >= 0.6 is 0 Å². The van der Waals surface area contributed by atoms with Gasteiger partial charge in [-0.3, -0.25) is 0 Å². The number of hydrogen-bond acceptors (Lipinski definition) is 5. The van der Waals surface area contributed by atoms with E-state index in [1.807, 2.05) is 18.4 Å². The van der Waals surface area contributed by atoms with Crippen molar-refractivity contribution in [2.24, 2.45) is 0 Å². The molecule has 0 aliphatic rings. The fraction of sp³-hybridized carbons (Fsp3) is 0.450. The van der Waals surface area contributed by atoms with Crippen molar-refractivity contribution in [2.75, 3.05) is 11.9 Å². The lowest BCUT2D eigenvalue weighted by Crippen LogP contribution is -2.09. The summed E-state index contributed by atoms with van der Waals surface area (Å²) in [7, 11) is 0. The molecule has 0 unspecified atom stereocenters. The Labute approximate surface area is 167 Å².